The molecule has 102 valence electrons. The fourth-order valence-corrected chi connectivity index (χ4v) is 2.12. The monoisotopic (exact) mass is 261 g/mol. The molecule has 1 atom stereocenters. The smallest absolute Gasteiger partial charge is 0.322 e. The summed E-state index contributed by atoms with van der Waals surface area (Å²) in [7, 11) is 1.65. The molecule has 0 bridgehead atoms. The van der Waals surface area contributed by atoms with Crippen molar-refractivity contribution >= 4 is 16.9 Å². The van der Waals surface area contributed by atoms with E-state index in [0.717, 1.165) is 18.5 Å². The molecule has 2 rings (SSSR count). The van der Waals surface area contributed by atoms with Crippen molar-refractivity contribution in [3.05, 3.63) is 36.0 Å². The Hall–Kier alpha value is -1.85. The molecule has 2 aromatic rings. The van der Waals surface area contributed by atoms with Crippen molar-refractivity contribution in [2.45, 2.75) is 12.5 Å². The number of para-hydroxylation sites is 1. The van der Waals surface area contributed by atoms with Crippen LogP contribution in [0.25, 0.3) is 10.9 Å². The predicted molar refractivity (Wildman–Crippen MR) is 75.4 cm³/mol. The van der Waals surface area contributed by atoms with E-state index in [1.54, 1.807) is 7.05 Å². The van der Waals surface area contributed by atoms with Crippen molar-refractivity contribution < 1.29 is 9.90 Å². The number of aromatic nitrogens is 1. The molecule has 0 fully saturated rings. The highest BCUT2D eigenvalue weighted by Crippen LogP contribution is 2.17. The summed E-state index contributed by atoms with van der Waals surface area (Å²) in [6.07, 6.45) is 2.89. The van der Waals surface area contributed by atoms with E-state index < -0.39 is 12.0 Å². The van der Waals surface area contributed by atoms with Gasteiger partial charge in [-0.3, -0.25) is 4.79 Å². The fraction of sp³-hybridized carbons (Fsp3) is 0.357. The van der Waals surface area contributed by atoms with E-state index in [2.05, 4.69) is 21.7 Å². The number of H-pyrrole nitrogens is 1. The van der Waals surface area contributed by atoms with E-state index in [1.165, 1.54) is 10.9 Å². The second kappa shape index (κ2) is 6.36. The molecule has 4 N–H and O–H groups in total. The number of rotatable bonds is 7. The number of carboxylic acids is 1. The Bertz CT molecular complexity index is 550. The number of aliphatic carboxylic acids is 1. The number of likely N-dealkylation sites (N-methyl/N-ethyl adjacent to an activating group) is 1. The molecule has 5 heteroatoms. The van der Waals surface area contributed by atoms with Crippen LogP contribution in [0.1, 0.15) is 5.56 Å². The summed E-state index contributed by atoms with van der Waals surface area (Å²) in [5, 5.41) is 16.0. The van der Waals surface area contributed by atoms with Gasteiger partial charge in [0.05, 0.1) is 0 Å². The normalized spacial score (nSPS) is 12.7. The van der Waals surface area contributed by atoms with Gasteiger partial charge in [0, 0.05) is 23.6 Å². The van der Waals surface area contributed by atoms with Crippen LogP contribution in [0.5, 0.6) is 0 Å². The molecule has 1 unspecified atom stereocenters. The van der Waals surface area contributed by atoms with Crippen LogP contribution in [0, 0.1) is 0 Å². The number of fused-ring (bicyclic) bond motifs is 1. The SMILES string of the molecule is CNC(CNCCc1c[nH]c2ccccc12)C(=O)O. The third-order valence-corrected chi connectivity index (χ3v) is 3.24. The molecule has 0 aliphatic rings. The molecule has 0 aliphatic carbocycles. The van der Waals surface area contributed by atoms with E-state index in [9.17, 15) is 4.79 Å². The minimum Gasteiger partial charge on any atom is -0.480 e. The van der Waals surface area contributed by atoms with Gasteiger partial charge >= 0.3 is 5.97 Å². The zero-order chi connectivity index (χ0) is 13.7. The molecule has 5 nitrogen and oxygen atoms in total. The predicted octanol–water partition coefficient (Wildman–Crippen LogP) is 0.973. The Morgan fingerprint density at radius 1 is 1.42 bits per heavy atom. The van der Waals surface area contributed by atoms with Gasteiger partial charge < -0.3 is 20.7 Å². The van der Waals surface area contributed by atoms with Gasteiger partial charge in [0.1, 0.15) is 6.04 Å². The van der Waals surface area contributed by atoms with Gasteiger partial charge in [0.15, 0.2) is 0 Å². The van der Waals surface area contributed by atoms with E-state index in [4.69, 9.17) is 5.11 Å². The maximum atomic E-state index is 10.8. The van der Waals surface area contributed by atoms with Crippen LogP contribution in [-0.4, -0.2) is 42.2 Å². The second-order valence-electron chi connectivity index (χ2n) is 4.49. The first-order valence-electron chi connectivity index (χ1n) is 6.38. The van der Waals surface area contributed by atoms with Crippen molar-refractivity contribution in [3.63, 3.8) is 0 Å². The van der Waals surface area contributed by atoms with Crippen molar-refractivity contribution in [1.82, 2.24) is 15.6 Å². The average molecular weight is 261 g/mol. The van der Waals surface area contributed by atoms with Crippen LogP contribution in [0.15, 0.2) is 30.5 Å². The summed E-state index contributed by atoms with van der Waals surface area (Å²) in [5.41, 5.74) is 2.38. The molecule has 0 amide bonds. The van der Waals surface area contributed by atoms with Crippen molar-refractivity contribution in [1.29, 1.82) is 0 Å². The zero-order valence-electron chi connectivity index (χ0n) is 10.9. The summed E-state index contributed by atoms with van der Waals surface area (Å²) < 4.78 is 0. The lowest BCUT2D eigenvalue weighted by molar-refractivity contribution is -0.139. The summed E-state index contributed by atoms with van der Waals surface area (Å²) in [5.74, 6) is -0.831. The molecule has 1 aromatic carbocycles. The highest BCUT2D eigenvalue weighted by atomic mass is 16.4. The molecule has 0 saturated heterocycles. The Morgan fingerprint density at radius 3 is 2.95 bits per heavy atom. The summed E-state index contributed by atoms with van der Waals surface area (Å²) in [4.78, 5) is 14.1. The van der Waals surface area contributed by atoms with Gasteiger partial charge in [-0.15, -0.1) is 0 Å². The van der Waals surface area contributed by atoms with Crippen LogP contribution in [-0.2, 0) is 11.2 Å². The van der Waals surface area contributed by atoms with E-state index in [-0.39, 0.29) is 0 Å². The molecule has 1 aromatic heterocycles. The minimum atomic E-state index is -0.831. The van der Waals surface area contributed by atoms with Crippen LogP contribution < -0.4 is 10.6 Å². The standard InChI is InChI=1S/C14H19N3O2/c1-15-13(14(18)19)9-16-7-6-10-8-17-12-5-3-2-4-11(10)12/h2-5,8,13,15-17H,6-7,9H2,1H3,(H,18,19). The number of nitrogens with one attached hydrogen (secondary N) is 3. The maximum Gasteiger partial charge on any atom is 0.322 e. The van der Waals surface area contributed by atoms with Gasteiger partial charge in [-0.2, -0.15) is 0 Å². The molecule has 0 aliphatic heterocycles. The lowest BCUT2D eigenvalue weighted by atomic mass is 10.1. The fourth-order valence-electron chi connectivity index (χ4n) is 2.12. The molecule has 0 radical (unpaired) electrons. The third kappa shape index (κ3) is 3.33. The van der Waals surface area contributed by atoms with Gasteiger partial charge in [0.25, 0.3) is 0 Å². The van der Waals surface area contributed by atoms with Crippen LogP contribution >= 0.6 is 0 Å². The van der Waals surface area contributed by atoms with Gasteiger partial charge in [-0.05, 0) is 31.6 Å². The second-order valence-corrected chi connectivity index (χ2v) is 4.49. The third-order valence-electron chi connectivity index (χ3n) is 3.24. The highest BCUT2D eigenvalue weighted by molar-refractivity contribution is 5.83. The van der Waals surface area contributed by atoms with Crippen LogP contribution in [0.3, 0.4) is 0 Å². The Labute approximate surface area is 112 Å². The number of benzene rings is 1. The first-order chi connectivity index (χ1) is 9.22. The number of hydrogen-bond donors (Lipinski definition) is 4. The summed E-state index contributed by atoms with van der Waals surface area (Å²) in [6.45, 7) is 1.18. The number of aromatic amines is 1. The maximum absolute atomic E-state index is 10.8. The first kappa shape index (κ1) is 13.6. The molecule has 0 saturated carbocycles. The highest BCUT2D eigenvalue weighted by Gasteiger charge is 2.13. The van der Waals surface area contributed by atoms with Crippen molar-refractivity contribution in [3.8, 4) is 0 Å². The Morgan fingerprint density at radius 2 is 2.21 bits per heavy atom. The summed E-state index contributed by atoms with van der Waals surface area (Å²) >= 11 is 0. The van der Waals surface area contributed by atoms with E-state index >= 15 is 0 Å². The van der Waals surface area contributed by atoms with Crippen molar-refractivity contribution in [2.75, 3.05) is 20.1 Å². The zero-order valence-corrected chi connectivity index (χ0v) is 10.9. The van der Waals surface area contributed by atoms with Gasteiger partial charge in [-0.1, -0.05) is 18.2 Å². The van der Waals surface area contributed by atoms with Gasteiger partial charge in [-0.25, -0.2) is 0 Å². The topological polar surface area (TPSA) is 77.1 Å². The van der Waals surface area contributed by atoms with Crippen LogP contribution in [0.4, 0.5) is 0 Å². The largest absolute Gasteiger partial charge is 0.480 e. The molecular formula is C14H19N3O2. The number of hydrogen-bond acceptors (Lipinski definition) is 3. The van der Waals surface area contributed by atoms with Crippen molar-refractivity contribution in [2.24, 2.45) is 0 Å². The Kier molecular flexibility index (Phi) is 4.54. The molecule has 0 spiro atoms. The lowest BCUT2D eigenvalue weighted by Crippen LogP contribution is -2.43. The van der Waals surface area contributed by atoms with E-state index in [0.29, 0.717) is 6.54 Å². The quantitative estimate of drug-likeness (QED) is 0.560. The van der Waals surface area contributed by atoms with Crippen LogP contribution in [0.2, 0.25) is 0 Å². The molecular weight excluding hydrogens is 242 g/mol. The first-order valence-corrected chi connectivity index (χ1v) is 6.38. The average Bonchev–Trinajstić information content (AvgIpc) is 2.82. The summed E-state index contributed by atoms with van der Waals surface area (Å²) in [6, 6.07) is 7.63. The minimum absolute atomic E-state index is 0.425. The van der Waals surface area contributed by atoms with E-state index in [1.807, 2.05) is 24.4 Å². The molecule has 19 heavy (non-hydrogen) atoms. The number of carbonyl (C=O) groups is 1. The van der Waals surface area contributed by atoms with Gasteiger partial charge in [0.2, 0.25) is 0 Å². The lowest BCUT2D eigenvalue weighted by Gasteiger charge is -2.11. The molecule has 1 heterocycles. The Balaban J connectivity index is 1.84. The number of carboxylic acid groups (broad SMARTS) is 1.